The van der Waals surface area contributed by atoms with Gasteiger partial charge in [-0.2, -0.15) is 0 Å². The summed E-state index contributed by atoms with van der Waals surface area (Å²) in [7, 11) is 0. The molecule has 3 aliphatic heterocycles. The smallest absolute Gasteiger partial charge is 0.271 e. The number of carbonyl (C=O) groups is 5. The summed E-state index contributed by atoms with van der Waals surface area (Å²) in [5, 5.41) is 14.1. The molecule has 12 nitrogen and oxygen atoms in total. The van der Waals surface area contributed by atoms with E-state index >= 15 is 0 Å². The molecular formula is C28H25N5O7. The third kappa shape index (κ3) is 4.03. The maximum absolute atomic E-state index is 13.3. The molecule has 2 saturated heterocycles. The molecule has 2 N–H and O–H groups in total. The van der Waals surface area contributed by atoms with E-state index in [1.165, 1.54) is 12.1 Å². The molecule has 0 saturated carbocycles. The number of rotatable bonds is 4. The number of nitrogens with zero attached hydrogens (tertiary/aromatic N) is 3. The molecule has 0 bridgehead atoms. The lowest BCUT2D eigenvalue weighted by atomic mass is 9.87. The van der Waals surface area contributed by atoms with Crippen LogP contribution in [0.2, 0.25) is 0 Å². The molecule has 0 spiro atoms. The van der Waals surface area contributed by atoms with E-state index in [2.05, 4.69) is 10.3 Å². The number of aromatic amines is 1. The number of likely N-dealkylation sites (tertiary alicyclic amines) is 1. The van der Waals surface area contributed by atoms with Crippen molar-refractivity contribution in [2.45, 2.75) is 44.6 Å². The van der Waals surface area contributed by atoms with Gasteiger partial charge >= 0.3 is 0 Å². The van der Waals surface area contributed by atoms with Crippen LogP contribution >= 0.6 is 0 Å². The number of nitro groups is 1. The number of imide groups is 2. The molecule has 0 aliphatic carbocycles. The molecule has 2 aromatic carbocycles. The fraction of sp³-hybridized carbons (Fsp3) is 0.321. The highest BCUT2D eigenvalue weighted by Gasteiger charge is 2.44. The number of H-pyrrole nitrogens is 1. The summed E-state index contributed by atoms with van der Waals surface area (Å²) >= 11 is 0. The Balaban J connectivity index is 1.16. The largest absolute Gasteiger partial charge is 0.350 e. The number of carbonyl (C=O) groups excluding carboxylic acids is 5. The van der Waals surface area contributed by atoms with Crippen LogP contribution in [0.1, 0.15) is 73.9 Å². The zero-order chi connectivity index (χ0) is 28.3. The Hall–Kier alpha value is -4.87. The SMILES string of the molecule is Cc1c(C(=O)N2CCC(c3ccc4c(c3)C(=O)N(C3CCC(=O)NC3=O)C4=O)CC2)[nH]c2cc([N+](=O)[O-])ccc12. The van der Waals surface area contributed by atoms with E-state index in [-0.39, 0.29) is 41.5 Å². The minimum Gasteiger partial charge on any atom is -0.350 e. The summed E-state index contributed by atoms with van der Waals surface area (Å²) in [6.07, 6.45) is 1.45. The van der Waals surface area contributed by atoms with Gasteiger partial charge in [-0.15, -0.1) is 0 Å². The van der Waals surface area contributed by atoms with E-state index in [9.17, 15) is 34.1 Å². The molecule has 3 aromatic rings. The molecule has 3 aliphatic rings. The number of piperidine rings is 2. The number of hydrogen-bond donors (Lipinski definition) is 2. The Morgan fingerprint density at radius 1 is 0.975 bits per heavy atom. The van der Waals surface area contributed by atoms with Gasteiger partial charge in [-0.1, -0.05) is 6.07 Å². The first kappa shape index (κ1) is 25.4. The van der Waals surface area contributed by atoms with Crippen LogP contribution in [0.25, 0.3) is 10.9 Å². The zero-order valence-electron chi connectivity index (χ0n) is 21.6. The number of aryl methyl sites for hydroxylation is 1. The minimum absolute atomic E-state index is 0.0525. The third-order valence-electron chi connectivity index (χ3n) is 8.18. The predicted octanol–water partition coefficient (Wildman–Crippen LogP) is 2.81. The van der Waals surface area contributed by atoms with Crippen molar-refractivity contribution in [2.24, 2.45) is 0 Å². The molecule has 1 atom stereocenters. The molecule has 12 heteroatoms. The number of non-ortho nitro benzene ring substituents is 1. The van der Waals surface area contributed by atoms with Gasteiger partial charge in [-0.25, -0.2) is 0 Å². The standard InChI is InChI=1S/C28H25N5O7/c1-14-18-5-3-17(33(39)40)13-21(18)29-24(14)28(38)31-10-8-15(9-11-31)16-2-4-19-20(12-16)27(37)32(26(19)36)22-6-7-23(34)30-25(22)35/h2-5,12-13,15,22,29H,6-11H2,1H3,(H,30,34,35). The second kappa shape index (κ2) is 9.40. The fourth-order valence-electron chi connectivity index (χ4n) is 5.97. The maximum Gasteiger partial charge on any atom is 0.271 e. The van der Waals surface area contributed by atoms with Crippen LogP contribution in [0.5, 0.6) is 0 Å². The Labute approximate surface area is 227 Å². The van der Waals surface area contributed by atoms with Crippen molar-refractivity contribution in [3.05, 3.63) is 74.5 Å². The second-order valence-corrected chi connectivity index (χ2v) is 10.4. The van der Waals surface area contributed by atoms with Gasteiger partial charge in [0, 0.05) is 37.0 Å². The van der Waals surface area contributed by atoms with Crippen molar-refractivity contribution in [3.8, 4) is 0 Å². The molecule has 204 valence electrons. The fourth-order valence-corrected chi connectivity index (χ4v) is 5.97. The van der Waals surface area contributed by atoms with Gasteiger partial charge in [0.2, 0.25) is 11.8 Å². The first-order valence-corrected chi connectivity index (χ1v) is 13.1. The van der Waals surface area contributed by atoms with Crippen molar-refractivity contribution in [1.82, 2.24) is 20.1 Å². The number of amides is 5. The highest BCUT2D eigenvalue weighted by molar-refractivity contribution is 6.23. The van der Waals surface area contributed by atoms with Crippen LogP contribution in [0.3, 0.4) is 0 Å². The normalized spacial score (nSPS) is 19.8. The lowest BCUT2D eigenvalue weighted by Crippen LogP contribution is -2.54. The van der Waals surface area contributed by atoms with E-state index in [1.807, 2.05) is 13.0 Å². The molecular weight excluding hydrogens is 518 g/mol. The first-order chi connectivity index (χ1) is 19.1. The van der Waals surface area contributed by atoms with E-state index < -0.39 is 34.6 Å². The number of hydrogen-bond acceptors (Lipinski definition) is 7. The quantitative estimate of drug-likeness (QED) is 0.290. The van der Waals surface area contributed by atoms with Crippen LogP contribution in [-0.2, 0) is 9.59 Å². The highest BCUT2D eigenvalue weighted by Crippen LogP contribution is 2.34. The predicted molar refractivity (Wildman–Crippen MR) is 141 cm³/mol. The Bertz CT molecular complexity index is 1650. The van der Waals surface area contributed by atoms with Crippen molar-refractivity contribution in [3.63, 3.8) is 0 Å². The lowest BCUT2D eigenvalue weighted by Gasteiger charge is -2.32. The lowest BCUT2D eigenvalue weighted by molar-refractivity contribution is -0.384. The van der Waals surface area contributed by atoms with Gasteiger partial charge < -0.3 is 9.88 Å². The highest BCUT2D eigenvalue weighted by atomic mass is 16.6. The van der Waals surface area contributed by atoms with Gasteiger partial charge in [0.1, 0.15) is 11.7 Å². The van der Waals surface area contributed by atoms with Gasteiger partial charge in [0.15, 0.2) is 0 Å². The van der Waals surface area contributed by atoms with Crippen LogP contribution in [0.15, 0.2) is 36.4 Å². The summed E-state index contributed by atoms with van der Waals surface area (Å²) < 4.78 is 0. The zero-order valence-corrected chi connectivity index (χ0v) is 21.6. The molecule has 1 aromatic heterocycles. The van der Waals surface area contributed by atoms with Crippen molar-refractivity contribution in [1.29, 1.82) is 0 Å². The molecule has 1 unspecified atom stereocenters. The van der Waals surface area contributed by atoms with Crippen LogP contribution in [0, 0.1) is 17.0 Å². The molecule has 40 heavy (non-hydrogen) atoms. The summed E-state index contributed by atoms with van der Waals surface area (Å²) in [5.74, 6) is -2.27. The number of benzene rings is 2. The monoisotopic (exact) mass is 543 g/mol. The maximum atomic E-state index is 13.3. The molecule has 6 rings (SSSR count). The number of fused-ring (bicyclic) bond motifs is 2. The Morgan fingerprint density at radius 2 is 1.70 bits per heavy atom. The number of nitrogens with one attached hydrogen (secondary N) is 2. The number of aromatic nitrogens is 1. The molecule has 4 heterocycles. The van der Waals surface area contributed by atoms with Crippen molar-refractivity contribution < 1.29 is 28.9 Å². The van der Waals surface area contributed by atoms with E-state index in [4.69, 9.17) is 0 Å². The summed E-state index contributed by atoms with van der Waals surface area (Å²) in [4.78, 5) is 79.7. The van der Waals surface area contributed by atoms with Crippen LogP contribution in [-0.4, -0.2) is 68.4 Å². The van der Waals surface area contributed by atoms with Gasteiger partial charge in [0.25, 0.3) is 23.4 Å². The second-order valence-electron chi connectivity index (χ2n) is 10.4. The topological polar surface area (TPSA) is 163 Å². The molecule has 5 amide bonds. The molecule has 0 radical (unpaired) electrons. The van der Waals surface area contributed by atoms with Gasteiger partial charge in [-0.05, 0) is 61.4 Å². The van der Waals surface area contributed by atoms with E-state index in [0.717, 1.165) is 21.4 Å². The average molecular weight is 544 g/mol. The van der Waals surface area contributed by atoms with Crippen LogP contribution < -0.4 is 5.32 Å². The first-order valence-electron chi connectivity index (χ1n) is 13.1. The van der Waals surface area contributed by atoms with Gasteiger partial charge in [0.05, 0.1) is 21.6 Å². The molecule has 2 fully saturated rings. The third-order valence-corrected chi connectivity index (χ3v) is 8.18. The van der Waals surface area contributed by atoms with E-state index in [1.54, 1.807) is 23.1 Å². The van der Waals surface area contributed by atoms with Crippen molar-refractivity contribution >= 4 is 46.1 Å². The number of nitro benzene ring substituents is 1. The average Bonchev–Trinajstić information content (AvgIpc) is 3.41. The van der Waals surface area contributed by atoms with Crippen LogP contribution in [0.4, 0.5) is 5.69 Å². The Kier molecular flexibility index (Phi) is 5.97. The summed E-state index contributed by atoms with van der Waals surface area (Å²) in [6.45, 7) is 2.77. The summed E-state index contributed by atoms with van der Waals surface area (Å²) in [6, 6.07) is 8.61. The summed E-state index contributed by atoms with van der Waals surface area (Å²) in [5.41, 5.74) is 2.99. The minimum atomic E-state index is -1.01. The van der Waals surface area contributed by atoms with Crippen molar-refractivity contribution in [2.75, 3.05) is 13.1 Å². The van der Waals surface area contributed by atoms with E-state index in [0.29, 0.717) is 37.1 Å². The van der Waals surface area contributed by atoms with Gasteiger partial charge in [-0.3, -0.25) is 44.3 Å². The Morgan fingerprint density at radius 3 is 2.40 bits per heavy atom.